The molecule has 3 aliphatic heterocycles. The maximum Gasteiger partial charge on any atom is 0.174 e. The second-order valence-electron chi connectivity index (χ2n) is 8.93. The highest BCUT2D eigenvalue weighted by atomic mass is 35.5. The topological polar surface area (TPSA) is 46.1 Å². The molecule has 7 heteroatoms. The van der Waals surface area contributed by atoms with Crippen LogP contribution in [0.2, 0.25) is 5.02 Å². The molecule has 0 saturated carbocycles. The normalized spacial score (nSPS) is 19.8. The van der Waals surface area contributed by atoms with Crippen molar-refractivity contribution in [1.82, 2.24) is 10.2 Å². The minimum Gasteiger partial charge on any atom is -0.496 e. The van der Waals surface area contributed by atoms with Crippen LogP contribution in [-0.2, 0) is 0 Å². The van der Waals surface area contributed by atoms with Crippen LogP contribution in [0.25, 0.3) is 11.8 Å². The first-order valence-corrected chi connectivity index (χ1v) is 13.3. The SMILES string of the molecule is COc1ccccc1/C=C1\CNCC2=C1N=C1SC=C(c3ccc(Cl)cc3)N1C2c1ccccc1OC. The van der Waals surface area contributed by atoms with Crippen LogP contribution in [0, 0.1) is 0 Å². The molecule has 0 saturated heterocycles. The Morgan fingerprint density at radius 1 is 0.946 bits per heavy atom. The molecule has 1 unspecified atom stereocenters. The number of nitrogens with one attached hydrogen (secondary N) is 1. The Hall–Kier alpha value is -3.45. The lowest BCUT2D eigenvalue weighted by molar-refractivity contribution is 0.388. The quantitative estimate of drug-likeness (QED) is 0.397. The van der Waals surface area contributed by atoms with E-state index in [2.05, 4.69) is 52.0 Å². The smallest absolute Gasteiger partial charge is 0.174 e. The van der Waals surface area contributed by atoms with E-state index in [1.54, 1.807) is 26.0 Å². The van der Waals surface area contributed by atoms with E-state index < -0.39 is 0 Å². The minimum atomic E-state index is -0.0792. The Bertz CT molecular complexity index is 1480. The van der Waals surface area contributed by atoms with Crippen LogP contribution in [0.4, 0.5) is 0 Å². The van der Waals surface area contributed by atoms with Crippen molar-refractivity contribution < 1.29 is 9.47 Å². The van der Waals surface area contributed by atoms with Gasteiger partial charge < -0.3 is 19.7 Å². The Balaban J connectivity index is 1.52. The van der Waals surface area contributed by atoms with Crippen LogP contribution >= 0.6 is 23.4 Å². The molecule has 0 bridgehead atoms. The van der Waals surface area contributed by atoms with Crippen molar-refractivity contribution in [1.29, 1.82) is 0 Å². The number of benzene rings is 3. The van der Waals surface area contributed by atoms with E-state index in [1.807, 2.05) is 42.5 Å². The van der Waals surface area contributed by atoms with Crippen molar-refractivity contribution in [3.05, 3.63) is 117 Å². The van der Waals surface area contributed by atoms with Crippen LogP contribution in [-0.4, -0.2) is 37.4 Å². The highest BCUT2D eigenvalue weighted by molar-refractivity contribution is 8.16. The zero-order valence-electron chi connectivity index (χ0n) is 20.6. The number of amidine groups is 1. The minimum absolute atomic E-state index is 0.0792. The Morgan fingerprint density at radius 3 is 2.46 bits per heavy atom. The second-order valence-corrected chi connectivity index (χ2v) is 10.2. The number of ether oxygens (including phenoxy) is 2. The van der Waals surface area contributed by atoms with Gasteiger partial charge in [0.2, 0.25) is 0 Å². The molecule has 37 heavy (non-hydrogen) atoms. The first-order chi connectivity index (χ1) is 18.2. The van der Waals surface area contributed by atoms with E-state index in [-0.39, 0.29) is 6.04 Å². The Kier molecular flexibility index (Phi) is 6.55. The molecule has 0 radical (unpaired) electrons. The Morgan fingerprint density at radius 2 is 1.68 bits per heavy atom. The van der Waals surface area contributed by atoms with Gasteiger partial charge in [-0.25, -0.2) is 4.99 Å². The van der Waals surface area contributed by atoms with Gasteiger partial charge >= 0.3 is 0 Å². The zero-order chi connectivity index (χ0) is 25.4. The summed E-state index contributed by atoms with van der Waals surface area (Å²) in [6, 6.07) is 24.2. The van der Waals surface area contributed by atoms with Crippen LogP contribution < -0.4 is 14.8 Å². The molecular weight excluding hydrogens is 502 g/mol. The number of para-hydroxylation sites is 2. The summed E-state index contributed by atoms with van der Waals surface area (Å²) in [5.74, 6) is 1.70. The van der Waals surface area contributed by atoms with E-state index in [0.29, 0.717) is 0 Å². The van der Waals surface area contributed by atoms with Crippen molar-refractivity contribution in [2.75, 3.05) is 27.3 Å². The summed E-state index contributed by atoms with van der Waals surface area (Å²) < 4.78 is 11.5. The summed E-state index contributed by atoms with van der Waals surface area (Å²) in [7, 11) is 3.43. The van der Waals surface area contributed by atoms with Crippen molar-refractivity contribution >= 4 is 40.3 Å². The van der Waals surface area contributed by atoms with Crippen molar-refractivity contribution in [2.45, 2.75) is 6.04 Å². The predicted octanol–water partition coefficient (Wildman–Crippen LogP) is 6.76. The van der Waals surface area contributed by atoms with E-state index in [4.69, 9.17) is 26.1 Å². The molecule has 0 amide bonds. The van der Waals surface area contributed by atoms with Gasteiger partial charge in [0.25, 0.3) is 0 Å². The lowest BCUT2D eigenvalue weighted by Gasteiger charge is -2.40. The maximum absolute atomic E-state index is 6.21. The second kappa shape index (κ2) is 10.1. The van der Waals surface area contributed by atoms with Gasteiger partial charge in [-0.2, -0.15) is 0 Å². The van der Waals surface area contributed by atoms with Gasteiger partial charge in [-0.1, -0.05) is 71.9 Å². The van der Waals surface area contributed by atoms with Crippen molar-refractivity contribution in [2.24, 2.45) is 4.99 Å². The molecule has 1 N–H and O–H groups in total. The lowest BCUT2D eigenvalue weighted by Crippen LogP contribution is -2.40. The van der Waals surface area contributed by atoms with E-state index >= 15 is 0 Å². The van der Waals surface area contributed by atoms with Crippen LogP contribution in [0.15, 0.2) is 100 Å². The number of aliphatic imine (C=N–C) groups is 1. The molecule has 3 heterocycles. The molecule has 3 aliphatic rings. The number of halogens is 1. The average molecular weight is 528 g/mol. The zero-order valence-corrected chi connectivity index (χ0v) is 22.1. The third-order valence-electron chi connectivity index (χ3n) is 6.82. The highest BCUT2D eigenvalue weighted by Crippen LogP contribution is 2.50. The molecule has 186 valence electrons. The van der Waals surface area contributed by atoms with E-state index in [1.165, 1.54) is 5.57 Å². The number of hydrogen-bond acceptors (Lipinski definition) is 6. The summed E-state index contributed by atoms with van der Waals surface area (Å²) in [6.07, 6.45) is 2.19. The summed E-state index contributed by atoms with van der Waals surface area (Å²) >= 11 is 7.86. The number of rotatable bonds is 5. The van der Waals surface area contributed by atoms with Gasteiger partial charge in [-0.3, -0.25) is 0 Å². The molecule has 3 aromatic rings. The van der Waals surface area contributed by atoms with Crippen molar-refractivity contribution in [3.63, 3.8) is 0 Å². The molecule has 0 spiro atoms. The van der Waals surface area contributed by atoms with E-state index in [9.17, 15) is 0 Å². The highest BCUT2D eigenvalue weighted by Gasteiger charge is 2.41. The number of thioether (sulfide) groups is 1. The monoisotopic (exact) mass is 527 g/mol. The molecule has 0 aromatic heterocycles. The van der Waals surface area contributed by atoms with Gasteiger partial charge in [0.05, 0.1) is 31.7 Å². The third-order valence-corrected chi connectivity index (χ3v) is 7.91. The van der Waals surface area contributed by atoms with Crippen molar-refractivity contribution in [3.8, 4) is 11.5 Å². The van der Waals surface area contributed by atoms with Gasteiger partial charge in [-0.15, -0.1) is 0 Å². The molecule has 1 atom stereocenters. The standard InChI is InChI=1S/C30H26ClN3O2S/c1-35-26-9-5-3-7-20(26)15-21-16-32-17-24-28(21)33-30-34(29(24)23-8-4-6-10-27(23)36-2)25(18-37-30)19-11-13-22(31)14-12-19/h3-15,18,29,32H,16-17H2,1-2H3/b21-15+. The van der Waals surface area contributed by atoms with Gasteiger partial charge in [0, 0.05) is 34.6 Å². The number of hydrogen-bond donors (Lipinski definition) is 1. The fourth-order valence-corrected chi connectivity index (χ4v) is 6.18. The average Bonchev–Trinajstić information content (AvgIpc) is 3.36. The summed E-state index contributed by atoms with van der Waals surface area (Å²) in [5.41, 5.74) is 7.72. The first-order valence-electron chi connectivity index (χ1n) is 12.1. The molecule has 0 fully saturated rings. The fraction of sp³-hybridized carbons (Fsp3) is 0.167. The predicted molar refractivity (Wildman–Crippen MR) is 153 cm³/mol. The molecule has 5 nitrogen and oxygen atoms in total. The lowest BCUT2D eigenvalue weighted by atomic mass is 9.88. The summed E-state index contributed by atoms with van der Waals surface area (Å²) in [6.45, 7) is 1.46. The Labute approximate surface area is 226 Å². The number of methoxy groups -OCH3 is 2. The van der Waals surface area contributed by atoms with Gasteiger partial charge in [0.15, 0.2) is 5.17 Å². The maximum atomic E-state index is 6.21. The molecule has 6 rings (SSSR count). The van der Waals surface area contributed by atoms with Crippen LogP contribution in [0.3, 0.4) is 0 Å². The van der Waals surface area contributed by atoms with Gasteiger partial charge in [0.1, 0.15) is 11.5 Å². The first kappa shape index (κ1) is 23.9. The number of fused-ring (bicyclic) bond motifs is 1. The van der Waals surface area contributed by atoms with Crippen LogP contribution in [0.1, 0.15) is 22.7 Å². The number of nitrogens with zero attached hydrogens (tertiary/aromatic N) is 2. The molecular formula is C30H26ClN3O2S. The summed E-state index contributed by atoms with van der Waals surface area (Å²) in [5, 5.41) is 7.47. The molecule has 3 aromatic carbocycles. The largest absolute Gasteiger partial charge is 0.496 e. The van der Waals surface area contributed by atoms with Crippen LogP contribution in [0.5, 0.6) is 11.5 Å². The van der Waals surface area contributed by atoms with E-state index in [0.717, 1.165) is 68.4 Å². The molecule has 0 aliphatic carbocycles. The summed E-state index contributed by atoms with van der Waals surface area (Å²) in [4.78, 5) is 7.57. The fourth-order valence-electron chi connectivity index (χ4n) is 5.12. The van der Waals surface area contributed by atoms with Gasteiger partial charge in [-0.05, 0) is 47.1 Å². The third kappa shape index (κ3) is 4.35.